The molecule has 1 amide bonds. The van der Waals surface area contributed by atoms with Crippen LogP contribution >= 0.6 is 0 Å². The Labute approximate surface area is 427 Å². The van der Waals surface area contributed by atoms with Crippen LogP contribution in [-0.4, -0.2) is 100 Å². The lowest BCUT2D eigenvalue weighted by atomic mass is 9.99. The molecule has 0 aromatic heterocycles. The van der Waals surface area contributed by atoms with Crippen LogP contribution in [0.1, 0.15) is 239 Å². The Morgan fingerprint density at radius 1 is 0.543 bits per heavy atom. The predicted octanol–water partition coefficient (Wildman–Crippen LogP) is 12.7. The summed E-state index contributed by atoms with van der Waals surface area (Å²) in [5.74, 6) is -0.240. The molecule has 0 bridgehead atoms. The Kier molecular flexibility index (Phi) is 45.4. The minimum atomic E-state index is -1.57. The maximum Gasteiger partial charge on any atom is 0.305 e. The number of aliphatic hydroxyl groups is 5. The molecule has 1 saturated heterocycles. The van der Waals surface area contributed by atoms with Gasteiger partial charge in [-0.1, -0.05) is 197 Å². The molecule has 0 aliphatic carbocycles. The minimum Gasteiger partial charge on any atom is -0.466 e. The fourth-order valence-corrected chi connectivity index (χ4v) is 8.50. The second kappa shape index (κ2) is 48.6. The van der Waals surface area contributed by atoms with Crippen molar-refractivity contribution in [3.05, 3.63) is 60.8 Å². The zero-order chi connectivity index (χ0) is 51.0. The van der Waals surface area contributed by atoms with Crippen LogP contribution in [0.25, 0.3) is 0 Å². The number of rotatable bonds is 48. The van der Waals surface area contributed by atoms with Crippen LogP contribution in [0, 0.1) is 0 Å². The third-order valence-corrected chi connectivity index (χ3v) is 13.1. The summed E-state index contributed by atoms with van der Waals surface area (Å²) in [5, 5.41) is 54.1. The van der Waals surface area contributed by atoms with E-state index in [-0.39, 0.29) is 18.5 Å². The number of aliphatic hydroxyl groups excluding tert-OH is 5. The fourth-order valence-electron chi connectivity index (χ4n) is 8.50. The van der Waals surface area contributed by atoms with E-state index in [0.717, 1.165) is 103 Å². The van der Waals surface area contributed by atoms with Gasteiger partial charge in [0.25, 0.3) is 0 Å². The quantitative estimate of drug-likeness (QED) is 0.0149. The van der Waals surface area contributed by atoms with Gasteiger partial charge in [-0.25, -0.2) is 0 Å². The number of nitrogens with one attached hydrogen (secondary N) is 1. The first kappa shape index (κ1) is 65.4. The zero-order valence-corrected chi connectivity index (χ0v) is 44.5. The SMILES string of the molecule is CCCC/C=C\C/C=C\CCCCCCCC(=O)OCCCCC/C=C\C=C/CCCCCCCCCCCCC(=O)NC(COC1OC(CO)C(O)C(O)C1O)C(O)/C=C/CCCCCCCCC. The number of carbonyl (C=O) groups excluding carboxylic acids is 2. The third-order valence-electron chi connectivity index (χ3n) is 13.1. The molecule has 1 heterocycles. The topological polar surface area (TPSA) is 175 Å². The smallest absolute Gasteiger partial charge is 0.305 e. The van der Waals surface area contributed by atoms with Crippen molar-refractivity contribution >= 4 is 11.9 Å². The predicted molar refractivity (Wildman–Crippen MR) is 287 cm³/mol. The van der Waals surface area contributed by atoms with Gasteiger partial charge in [-0.2, -0.15) is 0 Å². The first-order valence-electron chi connectivity index (χ1n) is 28.6. The van der Waals surface area contributed by atoms with Gasteiger partial charge in [0.05, 0.1) is 32.0 Å². The molecule has 0 spiro atoms. The van der Waals surface area contributed by atoms with Gasteiger partial charge in [-0.05, 0) is 89.9 Å². The van der Waals surface area contributed by atoms with Gasteiger partial charge >= 0.3 is 5.97 Å². The molecular formula is C59H105NO10. The van der Waals surface area contributed by atoms with Gasteiger partial charge in [0.2, 0.25) is 5.91 Å². The second-order valence-electron chi connectivity index (χ2n) is 19.7. The molecule has 1 rings (SSSR count). The highest BCUT2D eigenvalue weighted by Crippen LogP contribution is 2.23. The molecule has 1 aliphatic heterocycles. The fraction of sp³-hybridized carbons (Fsp3) is 0.797. The zero-order valence-electron chi connectivity index (χ0n) is 44.5. The van der Waals surface area contributed by atoms with Crippen LogP contribution in [-0.2, 0) is 23.8 Å². The first-order valence-corrected chi connectivity index (χ1v) is 28.6. The maximum atomic E-state index is 13.0. The number of allylic oxidation sites excluding steroid dienone is 9. The number of amides is 1. The molecular weight excluding hydrogens is 883 g/mol. The molecule has 0 saturated carbocycles. The number of esters is 1. The van der Waals surface area contributed by atoms with E-state index in [9.17, 15) is 35.1 Å². The summed E-state index contributed by atoms with van der Waals surface area (Å²) in [6.45, 7) is 4.20. The van der Waals surface area contributed by atoms with Crippen molar-refractivity contribution in [2.24, 2.45) is 0 Å². The summed E-state index contributed by atoms with van der Waals surface area (Å²) in [4.78, 5) is 25.0. The Morgan fingerprint density at radius 3 is 1.57 bits per heavy atom. The van der Waals surface area contributed by atoms with E-state index in [4.69, 9.17) is 14.2 Å². The molecule has 0 radical (unpaired) electrons. The highest BCUT2D eigenvalue weighted by atomic mass is 16.7. The molecule has 1 fully saturated rings. The number of unbranched alkanes of at least 4 members (excludes halogenated alkanes) is 27. The van der Waals surface area contributed by atoms with Gasteiger partial charge in [-0.3, -0.25) is 9.59 Å². The Bertz CT molecular complexity index is 1350. The molecule has 0 aromatic rings. The molecule has 406 valence electrons. The van der Waals surface area contributed by atoms with Crippen molar-refractivity contribution in [2.45, 2.75) is 281 Å². The van der Waals surface area contributed by atoms with E-state index in [1.807, 2.05) is 6.08 Å². The third kappa shape index (κ3) is 38.0. The summed E-state index contributed by atoms with van der Waals surface area (Å²) < 4.78 is 16.6. The van der Waals surface area contributed by atoms with E-state index >= 15 is 0 Å². The van der Waals surface area contributed by atoms with Crippen molar-refractivity contribution in [1.82, 2.24) is 5.32 Å². The average Bonchev–Trinajstić information content (AvgIpc) is 3.36. The highest BCUT2D eigenvalue weighted by molar-refractivity contribution is 5.76. The van der Waals surface area contributed by atoms with E-state index in [2.05, 4.69) is 67.8 Å². The molecule has 1 aliphatic rings. The van der Waals surface area contributed by atoms with Crippen molar-refractivity contribution in [1.29, 1.82) is 0 Å². The molecule has 11 nitrogen and oxygen atoms in total. The van der Waals surface area contributed by atoms with Crippen LogP contribution in [0.3, 0.4) is 0 Å². The monoisotopic (exact) mass is 988 g/mol. The van der Waals surface area contributed by atoms with E-state index in [0.29, 0.717) is 19.4 Å². The molecule has 7 unspecified atom stereocenters. The summed E-state index contributed by atoms with van der Waals surface area (Å²) in [6.07, 6.45) is 51.7. The van der Waals surface area contributed by atoms with Gasteiger partial charge in [0, 0.05) is 12.8 Å². The van der Waals surface area contributed by atoms with Crippen LogP contribution in [0.4, 0.5) is 0 Å². The van der Waals surface area contributed by atoms with E-state index in [1.165, 1.54) is 109 Å². The summed E-state index contributed by atoms with van der Waals surface area (Å²) in [7, 11) is 0. The van der Waals surface area contributed by atoms with Crippen molar-refractivity contribution in [3.8, 4) is 0 Å². The first-order chi connectivity index (χ1) is 34.2. The molecule has 0 aromatic carbocycles. The van der Waals surface area contributed by atoms with Crippen LogP contribution in [0.5, 0.6) is 0 Å². The lowest BCUT2D eigenvalue weighted by Gasteiger charge is -2.40. The molecule has 11 heteroatoms. The lowest BCUT2D eigenvalue weighted by molar-refractivity contribution is -0.302. The van der Waals surface area contributed by atoms with Gasteiger partial charge in [0.1, 0.15) is 24.4 Å². The molecule has 7 atom stereocenters. The van der Waals surface area contributed by atoms with Crippen molar-refractivity contribution < 1.29 is 49.3 Å². The van der Waals surface area contributed by atoms with Crippen LogP contribution in [0.2, 0.25) is 0 Å². The largest absolute Gasteiger partial charge is 0.466 e. The van der Waals surface area contributed by atoms with Gasteiger partial charge in [-0.15, -0.1) is 0 Å². The number of hydrogen-bond donors (Lipinski definition) is 6. The Hall–Kier alpha value is -2.64. The minimum absolute atomic E-state index is 0.0439. The lowest BCUT2D eigenvalue weighted by Crippen LogP contribution is -2.60. The highest BCUT2D eigenvalue weighted by Gasteiger charge is 2.44. The summed E-state index contributed by atoms with van der Waals surface area (Å²) in [5.41, 5.74) is 0. The Balaban J connectivity index is 2.08. The number of ether oxygens (including phenoxy) is 3. The molecule has 6 N–H and O–H groups in total. The second-order valence-corrected chi connectivity index (χ2v) is 19.7. The van der Waals surface area contributed by atoms with Crippen molar-refractivity contribution in [3.63, 3.8) is 0 Å². The van der Waals surface area contributed by atoms with E-state index in [1.54, 1.807) is 6.08 Å². The number of carbonyl (C=O) groups is 2. The maximum absolute atomic E-state index is 13.0. The van der Waals surface area contributed by atoms with Crippen LogP contribution in [0.15, 0.2) is 60.8 Å². The summed E-state index contributed by atoms with van der Waals surface area (Å²) in [6, 6.07) is -0.818. The normalized spacial score (nSPS) is 19.7. The Morgan fingerprint density at radius 2 is 1.01 bits per heavy atom. The van der Waals surface area contributed by atoms with Gasteiger partial charge < -0.3 is 45.1 Å². The summed E-state index contributed by atoms with van der Waals surface area (Å²) >= 11 is 0. The molecule has 70 heavy (non-hydrogen) atoms. The van der Waals surface area contributed by atoms with Crippen LogP contribution < -0.4 is 5.32 Å². The van der Waals surface area contributed by atoms with E-state index < -0.39 is 49.5 Å². The number of hydrogen-bond acceptors (Lipinski definition) is 10. The standard InChI is InChI=1S/C59H105NO10/c1-3-5-7-9-11-13-14-15-24-27-31-35-39-43-47-55(64)68-48-44-40-36-32-28-25-22-20-18-16-17-19-21-23-26-30-34-38-42-46-54(63)60-51(52(62)45-41-37-33-29-12-10-8-6-4-2)50-69-59-58(67)57(66)56(65)53(49-61)70-59/h9,11,14-15,20,22,25,28,41,45,51-53,56-59,61-62,65-67H,3-8,10,12-13,16-19,21,23-24,26-27,29-40,42-44,46-50H2,1-2H3,(H,60,63)/b11-9-,15-14-,22-20-,28-25-,45-41+. The average molecular weight is 988 g/mol. The van der Waals surface area contributed by atoms with Gasteiger partial charge in [0.15, 0.2) is 6.29 Å². The van der Waals surface area contributed by atoms with Crippen molar-refractivity contribution in [2.75, 3.05) is 19.8 Å².